The van der Waals surface area contributed by atoms with Crippen molar-refractivity contribution in [3.8, 4) is 0 Å². The molecule has 2 saturated carbocycles. The van der Waals surface area contributed by atoms with Gasteiger partial charge in [-0.1, -0.05) is 22.4 Å². The Bertz CT molecular complexity index is 470. The lowest BCUT2D eigenvalue weighted by molar-refractivity contribution is 0.0915. The minimum absolute atomic E-state index is 0.0581. The quantitative estimate of drug-likeness (QED) is 0.895. The Morgan fingerprint density at radius 2 is 2.00 bits per heavy atom. The maximum atomic E-state index is 12.2. The van der Waals surface area contributed by atoms with Gasteiger partial charge in [0.25, 0.3) is 5.91 Å². The van der Waals surface area contributed by atoms with Crippen LogP contribution < -0.4 is 5.32 Å². The van der Waals surface area contributed by atoms with Crippen molar-refractivity contribution >= 4 is 21.8 Å². The van der Waals surface area contributed by atoms with Gasteiger partial charge in [-0.25, -0.2) is 0 Å². The van der Waals surface area contributed by atoms with Gasteiger partial charge in [-0.05, 0) is 68.2 Å². The van der Waals surface area contributed by atoms with Crippen LogP contribution in [0.3, 0.4) is 0 Å². The molecule has 2 fully saturated rings. The van der Waals surface area contributed by atoms with E-state index in [2.05, 4.69) is 28.2 Å². The largest absolute Gasteiger partial charge is 0.349 e. The lowest BCUT2D eigenvalue weighted by atomic mass is 9.84. The molecule has 2 aliphatic carbocycles. The molecule has 1 N–H and O–H groups in total. The molecular weight excluding hydrogens is 302 g/mol. The minimum Gasteiger partial charge on any atom is -0.349 e. The molecule has 0 unspecified atom stereocenters. The van der Waals surface area contributed by atoms with E-state index in [-0.39, 0.29) is 5.91 Å². The van der Waals surface area contributed by atoms with Crippen LogP contribution in [0.5, 0.6) is 0 Å². The highest BCUT2D eigenvalue weighted by atomic mass is 79.9. The van der Waals surface area contributed by atoms with Crippen LogP contribution in [0, 0.1) is 17.8 Å². The smallest absolute Gasteiger partial charge is 0.251 e. The van der Waals surface area contributed by atoms with Gasteiger partial charge >= 0.3 is 0 Å². The molecule has 1 aromatic carbocycles. The molecule has 3 heteroatoms. The Kier molecular flexibility index (Phi) is 3.66. The molecule has 4 atom stereocenters. The van der Waals surface area contributed by atoms with Crippen LogP contribution in [0.15, 0.2) is 28.7 Å². The fraction of sp³-hybridized carbons (Fsp3) is 0.562. The van der Waals surface area contributed by atoms with Crippen molar-refractivity contribution in [1.82, 2.24) is 5.32 Å². The maximum Gasteiger partial charge on any atom is 0.251 e. The molecule has 102 valence electrons. The van der Waals surface area contributed by atoms with Crippen molar-refractivity contribution in [3.63, 3.8) is 0 Å². The number of hydrogen-bond donors (Lipinski definition) is 1. The van der Waals surface area contributed by atoms with Gasteiger partial charge in [0.15, 0.2) is 0 Å². The van der Waals surface area contributed by atoms with E-state index in [9.17, 15) is 4.79 Å². The number of benzene rings is 1. The van der Waals surface area contributed by atoms with E-state index in [1.807, 2.05) is 24.3 Å². The Balaban J connectivity index is 1.61. The molecule has 3 rings (SSSR count). The van der Waals surface area contributed by atoms with E-state index in [4.69, 9.17) is 0 Å². The van der Waals surface area contributed by atoms with Gasteiger partial charge in [0, 0.05) is 16.1 Å². The first-order chi connectivity index (χ1) is 9.13. The van der Waals surface area contributed by atoms with E-state index < -0.39 is 0 Å². The van der Waals surface area contributed by atoms with Gasteiger partial charge in [0.05, 0.1) is 0 Å². The zero-order valence-electron chi connectivity index (χ0n) is 11.2. The summed E-state index contributed by atoms with van der Waals surface area (Å²) in [5, 5.41) is 3.19. The standard InChI is InChI=1S/C16H20BrNO/c1-10(15-9-11-2-3-13(15)8-11)18-16(19)12-4-6-14(17)7-5-12/h4-7,10-11,13,15H,2-3,8-9H2,1H3,(H,18,19)/t10-,11+,13+,15+/m1/s1. The average molecular weight is 322 g/mol. The third-order valence-electron chi connectivity index (χ3n) is 4.90. The zero-order valence-corrected chi connectivity index (χ0v) is 12.8. The molecule has 2 nitrogen and oxygen atoms in total. The molecule has 0 saturated heterocycles. The van der Waals surface area contributed by atoms with Crippen LogP contribution in [-0.2, 0) is 0 Å². The monoisotopic (exact) mass is 321 g/mol. The maximum absolute atomic E-state index is 12.2. The van der Waals surface area contributed by atoms with E-state index in [0.29, 0.717) is 12.0 Å². The van der Waals surface area contributed by atoms with E-state index in [1.165, 1.54) is 25.7 Å². The molecular formula is C16H20BrNO. The van der Waals surface area contributed by atoms with Crippen LogP contribution in [0.4, 0.5) is 0 Å². The fourth-order valence-electron chi connectivity index (χ4n) is 3.90. The summed E-state index contributed by atoms with van der Waals surface area (Å²) in [5.74, 6) is 2.54. The molecule has 1 aromatic rings. The third kappa shape index (κ3) is 2.71. The second kappa shape index (κ2) is 5.28. The summed E-state index contributed by atoms with van der Waals surface area (Å²) in [6.07, 6.45) is 5.48. The number of fused-ring (bicyclic) bond motifs is 2. The summed E-state index contributed by atoms with van der Waals surface area (Å²) in [6, 6.07) is 7.86. The molecule has 0 aromatic heterocycles. The number of carbonyl (C=O) groups is 1. The molecule has 0 aliphatic heterocycles. The fourth-order valence-corrected chi connectivity index (χ4v) is 4.17. The van der Waals surface area contributed by atoms with Crippen molar-refractivity contribution in [2.75, 3.05) is 0 Å². The Morgan fingerprint density at radius 3 is 2.58 bits per heavy atom. The second-order valence-corrected chi connectivity index (χ2v) is 7.02. The van der Waals surface area contributed by atoms with Crippen LogP contribution in [-0.4, -0.2) is 11.9 Å². The van der Waals surface area contributed by atoms with Crippen LogP contribution in [0.1, 0.15) is 43.0 Å². The van der Waals surface area contributed by atoms with Crippen molar-refractivity contribution < 1.29 is 4.79 Å². The molecule has 2 bridgehead atoms. The molecule has 1 amide bonds. The SMILES string of the molecule is C[C@@H](NC(=O)c1ccc(Br)cc1)[C@@H]1C[C@H]2CC[C@H]1C2. The van der Waals surface area contributed by atoms with Crippen molar-refractivity contribution in [2.24, 2.45) is 17.8 Å². The lowest BCUT2D eigenvalue weighted by Gasteiger charge is -2.28. The van der Waals surface area contributed by atoms with Crippen molar-refractivity contribution in [3.05, 3.63) is 34.3 Å². The Morgan fingerprint density at radius 1 is 1.26 bits per heavy atom. The predicted octanol–water partition coefficient (Wildman–Crippen LogP) is 4.00. The molecule has 19 heavy (non-hydrogen) atoms. The summed E-state index contributed by atoms with van der Waals surface area (Å²) < 4.78 is 1.00. The summed E-state index contributed by atoms with van der Waals surface area (Å²) >= 11 is 3.39. The van der Waals surface area contributed by atoms with E-state index >= 15 is 0 Å². The number of carbonyl (C=O) groups excluding carboxylic acids is 1. The van der Waals surface area contributed by atoms with Gasteiger partial charge in [0.2, 0.25) is 0 Å². The van der Waals surface area contributed by atoms with Crippen LogP contribution in [0.2, 0.25) is 0 Å². The molecule has 0 spiro atoms. The first-order valence-corrected chi connectivity index (χ1v) is 7.99. The van der Waals surface area contributed by atoms with Gasteiger partial charge in [0.1, 0.15) is 0 Å². The van der Waals surface area contributed by atoms with Gasteiger partial charge in [-0.2, -0.15) is 0 Å². The zero-order chi connectivity index (χ0) is 13.4. The van der Waals surface area contributed by atoms with E-state index in [0.717, 1.165) is 21.9 Å². The number of amides is 1. The highest BCUT2D eigenvalue weighted by molar-refractivity contribution is 9.10. The number of halogens is 1. The van der Waals surface area contributed by atoms with Crippen LogP contribution in [0.25, 0.3) is 0 Å². The second-order valence-electron chi connectivity index (χ2n) is 6.11. The van der Waals surface area contributed by atoms with Crippen LogP contribution >= 0.6 is 15.9 Å². The first kappa shape index (κ1) is 13.2. The summed E-state index contributed by atoms with van der Waals surface area (Å²) in [7, 11) is 0. The molecule has 0 radical (unpaired) electrons. The lowest BCUT2D eigenvalue weighted by Crippen LogP contribution is -2.40. The predicted molar refractivity (Wildman–Crippen MR) is 80.0 cm³/mol. The first-order valence-electron chi connectivity index (χ1n) is 7.20. The van der Waals surface area contributed by atoms with Gasteiger partial charge in [-0.3, -0.25) is 4.79 Å². The topological polar surface area (TPSA) is 29.1 Å². The molecule has 0 heterocycles. The number of rotatable bonds is 3. The summed E-state index contributed by atoms with van der Waals surface area (Å²) in [5.41, 5.74) is 0.748. The summed E-state index contributed by atoms with van der Waals surface area (Å²) in [4.78, 5) is 12.2. The summed E-state index contributed by atoms with van der Waals surface area (Å²) in [6.45, 7) is 2.17. The highest BCUT2D eigenvalue weighted by Gasteiger charge is 2.42. The number of hydrogen-bond acceptors (Lipinski definition) is 1. The van der Waals surface area contributed by atoms with Crippen molar-refractivity contribution in [1.29, 1.82) is 0 Å². The minimum atomic E-state index is 0.0581. The van der Waals surface area contributed by atoms with E-state index in [1.54, 1.807) is 0 Å². The highest BCUT2D eigenvalue weighted by Crippen LogP contribution is 2.49. The number of nitrogens with one attached hydrogen (secondary N) is 1. The Hall–Kier alpha value is -0.830. The van der Waals surface area contributed by atoms with Crippen molar-refractivity contribution in [2.45, 2.75) is 38.6 Å². The normalized spacial score (nSPS) is 30.3. The average Bonchev–Trinajstić information content (AvgIpc) is 3.01. The van der Waals surface area contributed by atoms with Gasteiger partial charge < -0.3 is 5.32 Å². The van der Waals surface area contributed by atoms with Gasteiger partial charge in [-0.15, -0.1) is 0 Å². The Labute approximate surface area is 123 Å². The molecule has 2 aliphatic rings. The third-order valence-corrected chi connectivity index (χ3v) is 5.43.